The van der Waals surface area contributed by atoms with Gasteiger partial charge < -0.3 is 5.73 Å². The van der Waals surface area contributed by atoms with Gasteiger partial charge in [0.1, 0.15) is 0 Å². The maximum absolute atomic E-state index is 5.65. The molecule has 0 atom stereocenters. The van der Waals surface area contributed by atoms with Crippen molar-refractivity contribution in [1.29, 1.82) is 0 Å². The van der Waals surface area contributed by atoms with Crippen LogP contribution in [0.25, 0.3) is 0 Å². The summed E-state index contributed by atoms with van der Waals surface area (Å²) in [5.41, 5.74) is 9.11. The first-order valence-corrected chi connectivity index (χ1v) is 4.19. The van der Waals surface area contributed by atoms with E-state index in [1.807, 2.05) is 6.92 Å². The molecule has 0 saturated heterocycles. The highest BCUT2D eigenvalue weighted by Gasteiger charge is 1.93. The molecular formula is C10H19N. The van der Waals surface area contributed by atoms with E-state index in [-0.39, 0.29) is 0 Å². The normalized spacial score (nSPS) is 14.7. The van der Waals surface area contributed by atoms with Gasteiger partial charge in [0.05, 0.1) is 0 Å². The summed E-state index contributed by atoms with van der Waals surface area (Å²) in [4.78, 5) is 0. The van der Waals surface area contributed by atoms with Crippen molar-refractivity contribution in [3.8, 4) is 0 Å². The smallest absolute Gasteiger partial charge is 0.00811 e. The van der Waals surface area contributed by atoms with Gasteiger partial charge in [-0.05, 0) is 32.8 Å². The number of nitrogens with two attached hydrogens (primary N) is 1. The molecule has 0 aliphatic carbocycles. The summed E-state index contributed by atoms with van der Waals surface area (Å²) in [6.07, 6.45) is 4.59. The summed E-state index contributed by atoms with van der Waals surface area (Å²) < 4.78 is 0. The molecule has 0 aliphatic heterocycles. The van der Waals surface area contributed by atoms with E-state index < -0.39 is 0 Å². The van der Waals surface area contributed by atoms with E-state index in [1.165, 1.54) is 17.6 Å². The molecule has 0 aromatic rings. The lowest BCUT2D eigenvalue weighted by atomic mass is 10.1. The first kappa shape index (κ1) is 10.3. The van der Waals surface area contributed by atoms with E-state index in [1.54, 1.807) is 0 Å². The van der Waals surface area contributed by atoms with Gasteiger partial charge in [0.15, 0.2) is 0 Å². The van der Waals surface area contributed by atoms with Crippen LogP contribution in [0.4, 0.5) is 0 Å². The Kier molecular flexibility index (Phi) is 4.67. The van der Waals surface area contributed by atoms with Gasteiger partial charge in [-0.15, -0.1) is 0 Å². The lowest BCUT2D eigenvalue weighted by Gasteiger charge is -2.03. The fourth-order valence-corrected chi connectivity index (χ4v) is 0.825. The summed E-state index contributed by atoms with van der Waals surface area (Å²) in [6.45, 7) is 8.30. The largest absolute Gasteiger partial charge is 0.402 e. The van der Waals surface area contributed by atoms with E-state index in [2.05, 4.69) is 26.8 Å². The fraction of sp³-hybridized carbons (Fsp3) is 0.600. The molecule has 64 valence electrons. The molecular weight excluding hydrogens is 134 g/mol. The van der Waals surface area contributed by atoms with Crippen molar-refractivity contribution in [3.05, 3.63) is 22.9 Å². The predicted molar refractivity (Wildman–Crippen MR) is 51.2 cm³/mol. The van der Waals surface area contributed by atoms with Crippen molar-refractivity contribution in [2.45, 2.75) is 40.5 Å². The van der Waals surface area contributed by atoms with Crippen molar-refractivity contribution in [3.63, 3.8) is 0 Å². The topological polar surface area (TPSA) is 26.0 Å². The van der Waals surface area contributed by atoms with Crippen molar-refractivity contribution in [2.24, 2.45) is 5.73 Å². The first-order chi connectivity index (χ1) is 5.09. The molecule has 0 aromatic carbocycles. The molecule has 1 nitrogen and oxygen atoms in total. The molecule has 0 saturated carbocycles. The van der Waals surface area contributed by atoms with Crippen LogP contribution in [0.1, 0.15) is 40.5 Å². The molecule has 0 bridgehead atoms. The van der Waals surface area contributed by atoms with Crippen LogP contribution in [0.3, 0.4) is 0 Å². The number of rotatable bonds is 3. The van der Waals surface area contributed by atoms with E-state index in [0.29, 0.717) is 0 Å². The van der Waals surface area contributed by atoms with Gasteiger partial charge >= 0.3 is 0 Å². The Bertz CT molecular complexity index is 171. The zero-order chi connectivity index (χ0) is 8.85. The lowest BCUT2D eigenvalue weighted by molar-refractivity contribution is 0.948. The molecule has 0 aromatic heterocycles. The first-order valence-electron chi connectivity index (χ1n) is 4.19. The van der Waals surface area contributed by atoms with E-state index in [4.69, 9.17) is 5.73 Å². The molecule has 0 radical (unpaired) electrons. The van der Waals surface area contributed by atoms with Crippen LogP contribution >= 0.6 is 0 Å². The molecule has 0 spiro atoms. The Balaban J connectivity index is 4.24. The monoisotopic (exact) mass is 153 g/mol. The third-order valence-corrected chi connectivity index (χ3v) is 1.92. The van der Waals surface area contributed by atoms with Crippen molar-refractivity contribution in [1.82, 2.24) is 0 Å². The summed E-state index contributed by atoms with van der Waals surface area (Å²) in [5, 5.41) is 0. The van der Waals surface area contributed by atoms with Crippen LogP contribution in [0.15, 0.2) is 22.9 Å². The van der Waals surface area contributed by atoms with Crippen molar-refractivity contribution < 1.29 is 0 Å². The number of hydrogen-bond acceptors (Lipinski definition) is 1. The molecule has 0 fully saturated rings. The zero-order valence-corrected chi connectivity index (χ0v) is 8.07. The average Bonchev–Trinajstić information content (AvgIpc) is 1.98. The van der Waals surface area contributed by atoms with Crippen LogP contribution in [-0.2, 0) is 0 Å². The quantitative estimate of drug-likeness (QED) is 0.620. The minimum Gasteiger partial charge on any atom is -0.402 e. The second-order valence-corrected chi connectivity index (χ2v) is 2.98. The van der Waals surface area contributed by atoms with Gasteiger partial charge in [-0.25, -0.2) is 0 Å². The highest BCUT2D eigenvalue weighted by molar-refractivity contribution is 5.29. The summed E-state index contributed by atoms with van der Waals surface area (Å²) >= 11 is 0. The van der Waals surface area contributed by atoms with Gasteiger partial charge in [0.2, 0.25) is 0 Å². The molecule has 0 heterocycles. The Labute approximate surface area is 70.0 Å². The van der Waals surface area contributed by atoms with E-state index in [0.717, 1.165) is 12.1 Å². The molecule has 0 unspecified atom stereocenters. The predicted octanol–water partition coefficient (Wildman–Crippen LogP) is 2.99. The van der Waals surface area contributed by atoms with Gasteiger partial charge in [-0.1, -0.05) is 25.0 Å². The fourth-order valence-electron chi connectivity index (χ4n) is 0.825. The Morgan fingerprint density at radius 3 is 2.18 bits per heavy atom. The molecule has 0 aliphatic rings. The Hall–Kier alpha value is -0.720. The van der Waals surface area contributed by atoms with Crippen LogP contribution < -0.4 is 5.73 Å². The average molecular weight is 153 g/mol. The molecule has 0 rings (SSSR count). The van der Waals surface area contributed by atoms with Crippen LogP contribution in [0.5, 0.6) is 0 Å². The van der Waals surface area contributed by atoms with Crippen molar-refractivity contribution in [2.75, 3.05) is 0 Å². The third kappa shape index (κ3) is 3.87. The SMILES string of the molecule is CCC/C=C(C)\C(C)=C(\C)N. The minimum absolute atomic E-state index is 0.926. The molecule has 1 heteroatoms. The maximum atomic E-state index is 5.65. The van der Waals surface area contributed by atoms with Crippen LogP contribution in [0, 0.1) is 0 Å². The summed E-state index contributed by atoms with van der Waals surface area (Å²) in [5.74, 6) is 0. The van der Waals surface area contributed by atoms with Crippen LogP contribution in [0.2, 0.25) is 0 Å². The van der Waals surface area contributed by atoms with Gasteiger partial charge in [-0.2, -0.15) is 0 Å². The van der Waals surface area contributed by atoms with Crippen molar-refractivity contribution >= 4 is 0 Å². The standard InChI is InChI=1S/C10H19N/c1-5-6-7-8(2)9(3)10(4)11/h7H,5-6,11H2,1-4H3/b8-7-,10-9-. The zero-order valence-electron chi connectivity index (χ0n) is 8.07. The lowest BCUT2D eigenvalue weighted by Crippen LogP contribution is -1.96. The molecule has 2 N–H and O–H groups in total. The summed E-state index contributed by atoms with van der Waals surface area (Å²) in [6, 6.07) is 0. The second-order valence-electron chi connectivity index (χ2n) is 2.98. The maximum Gasteiger partial charge on any atom is 0.00811 e. The number of hydrogen-bond donors (Lipinski definition) is 1. The highest BCUT2D eigenvalue weighted by atomic mass is 14.6. The van der Waals surface area contributed by atoms with E-state index in [9.17, 15) is 0 Å². The molecule has 11 heavy (non-hydrogen) atoms. The number of unbranched alkanes of at least 4 members (excludes halogenated alkanes) is 1. The Morgan fingerprint density at radius 1 is 1.27 bits per heavy atom. The highest BCUT2D eigenvalue weighted by Crippen LogP contribution is 2.11. The molecule has 0 amide bonds. The second kappa shape index (κ2) is 5.00. The van der Waals surface area contributed by atoms with Crippen LogP contribution in [-0.4, -0.2) is 0 Å². The van der Waals surface area contributed by atoms with Gasteiger partial charge in [0, 0.05) is 5.70 Å². The third-order valence-electron chi connectivity index (χ3n) is 1.92. The number of allylic oxidation sites excluding steroid dienone is 4. The Morgan fingerprint density at radius 2 is 1.82 bits per heavy atom. The van der Waals surface area contributed by atoms with Gasteiger partial charge in [0.25, 0.3) is 0 Å². The minimum atomic E-state index is 0.926. The van der Waals surface area contributed by atoms with Gasteiger partial charge in [-0.3, -0.25) is 0 Å². The summed E-state index contributed by atoms with van der Waals surface area (Å²) in [7, 11) is 0. The van der Waals surface area contributed by atoms with E-state index >= 15 is 0 Å².